The van der Waals surface area contributed by atoms with Crippen molar-refractivity contribution in [1.82, 2.24) is 9.56 Å². The van der Waals surface area contributed by atoms with Crippen molar-refractivity contribution < 1.29 is 18.8 Å². The molecule has 0 aliphatic heterocycles. The zero-order valence-corrected chi connectivity index (χ0v) is 18.0. The first-order valence-electron chi connectivity index (χ1n) is 10.1. The van der Waals surface area contributed by atoms with E-state index in [1.807, 2.05) is 44.2 Å². The molecular formula is C24H23N3O5. The molecule has 8 heteroatoms. The molecule has 4 aromatic rings. The number of ether oxygens (including phenoxy) is 2. The first-order valence-corrected chi connectivity index (χ1v) is 10.1. The summed E-state index contributed by atoms with van der Waals surface area (Å²) in [7, 11) is 0. The summed E-state index contributed by atoms with van der Waals surface area (Å²) in [5, 5.41) is 2.83. The lowest BCUT2D eigenvalue weighted by Gasteiger charge is -2.14. The van der Waals surface area contributed by atoms with Crippen LogP contribution in [0.3, 0.4) is 0 Å². The molecule has 2 aromatic heterocycles. The summed E-state index contributed by atoms with van der Waals surface area (Å²) in [6.45, 7) is 5.54. The maximum Gasteiger partial charge on any atom is 0.287 e. The van der Waals surface area contributed by atoms with E-state index in [1.54, 1.807) is 25.1 Å². The maximum atomic E-state index is 12.4. The SMILES string of the molecule is Cc1cccc(OCC(=O)Nc2cc(C)ccc2OCc2cc(=O)n3oc(C)cc3n2)c1. The Morgan fingerprint density at radius 2 is 1.84 bits per heavy atom. The van der Waals surface area contributed by atoms with Gasteiger partial charge in [0.2, 0.25) is 0 Å². The van der Waals surface area contributed by atoms with Crippen molar-refractivity contribution in [1.29, 1.82) is 0 Å². The number of hydrogen-bond donors (Lipinski definition) is 1. The van der Waals surface area contributed by atoms with Gasteiger partial charge < -0.3 is 19.3 Å². The maximum absolute atomic E-state index is 12.4. The molecular weight excluding hydrogens is 410 g/mol. The third kappa shape index (κ3) is 4.97. The third-order valence-corrected chi connectivity index (χ3v) is 4.67. The Balaban J connectivity index is 1.45. The molecule has 0 aliphatic rings. The summed E-state index contributed by atoms with van der Waals surface area (Å²) in [4.78, 5) is 29.0. The van der Waals surface area contributed by atoms with Crippen LogP contribution in [0.5, 0.6) is 11.5 Å². The summed E-state index contributed by atoms with van der Waals surface area (Å²) >= 11 is 0. The van der Waals surface area contributed by atoms with E-state index in [-0.39, 0.29) is 24.7 Å². The summed E-state index contributed by atoms with van der Waals surface area (Å²) in [6, 6.07) is 16.0. The van der Waals surface area contributed by atoms with Crippen LogP contribution >= 0.6 is 0 Å². The van der Waals surface area contributed by atoms with Gasteiger partial charge in [-0.15, -0.1) is 4.57 Å². The second kappa shape index (κ2) is 8.97. The highest BCUT2D eigenvalue weighted by Gasteiger charge is 2.12. The first kappa shape index (κ1) is 21.2. The van der Waals surface area contributed by atoms with Crippen molar-refractivity contribution in [2.24, 2.45) is 0 Å². The molecule has 2 aromatic carbocycles. The van der Waals surface area contributed by atoms with Gasteiger partial charge in [0.25, 0.3) is 11.5 Å². The molecule has 8 nitrogen and oxygen atoms in total. The standard InChI is InChI=1S/C24H23N3O5/c1-15-5-4-6-19(9-15)30-14-23(28)26-20-10-16(2)7-8-21(20)31-13-18-12-24(29)27-22(25-18)11-17(3)32-27/h4-12H,13-14H2,1-3H3,(H,26,28). The normalized spacial score (nSPS) is 10.8. The van der Waals surface area contributed by atoms with Crippen LogP contribution in [0, 0.1) is 20.8 Å². The Kier molecular flexibility index (Phi) is 5.93. The minimum absolute atomic E-state index is 0.0572. The molecule has 0 radical (unpaired) electrons. The van der Waals surface area contributed by atoms with Crippen molar-refractivity contribution in [3.63, 3.8) is 0 Å². The average Bonchev–Trinajstić information content (AvgIpc) is 3.13. The van der Waals surface area contributed by atoms with Crippen LogP contribution in [-0.4, -0.2) is 22.1 Å². The monoisotopic (exact) mass is 433 g/mol. The molecule has 164 valence electrons. The number of aromatic nitrogens is 2. The Morgan fingerprint density at radius 3 is 2.66 bits per heavy atom. The topological polar surface area (TPSA) is 95.1 Å². The van der Waals surface area contributed by atoms with Gasteiger partial charge in [-0.3, -0.25) is 9.59 Å². The minimum Gasteiger partial charge on any atom is -0.485 e. The fourth-order valence-electron chi connectivity index (χ4n) is 3.21. The van der Waals surface area contributed by atoms with Crippen LogP contribution in [0.4, 0.5) is 5.69 Å². The van der Waals surface area contributed by atoms with Crippen LogP contribution in [-0.2, 0) is 11.4 Å². The Bertz CT molecular complexity index is 1340. The number of carbonyl (C=O) groups is 1. The van der Waals surface area contributed by atoms with Gasteiger partial charge in [-0.05, 0) is 56.2 Å². The second-order valence-electron chi connectivity index (χ2n) is 7.53. The molecule has 1 N–H and O–H groups in total. The number of rotatable bonds is 7. The van der Waals surface area contributed by atoms with E-state index in [0.717, 1.165) is 15.7 Å². The molecule has 0 atom stereocenters. The Labute approximate surface area is 184 Å². The summed E-state index contributed by atoms with van der Waals surface area (Å²) < 4.78 is 17.9. The highest BCUT2D eigenvalue weighted by atomic mass is 16.5. The van der Waals surface area contributed by atoms with Gasteiger partial charge in [-0.2, -0.15) is 0 Å². The van der Waals surface area contributed by atoms with Gasteiger partial charge >= 0.3 is 0 Å². The first-order chi connectivity index (χ1) is 15.4. The predicted octanol–water partition coefficient (Wildman–Crippen LogP) is 3.81. The lowest BCUT2D eigenvalue weighted by molar-refractivity contribution is -0.118. The molecule has 0 bridgehead atoms. The number of amides is 1. The molecule has 32 heavy (non-hydrogen) atoms. The van der Waals surface area contributed by atoms with Gasteiger partial charge in [0.1, 0.15) is 23.9 Å². The molecule has 0 saturated carbocycles. The molecule has 0 saturated heterocycles. The number of aryl methyl sites for hydroxylation is 3. The third-order valence-electron chi connectivity index (χ3n) is 4.67. The lowest BCUT2D eigenvalue weighted by atomic mass is 10.2. The van der Waals surface area contributed by atoms with Crippen molar-refractivity contribution in [2.75, 3.05) is 11.9 Å². The van der Waals surface area contributed by atoms with Gasteiger partial charge in [-0.25, -0.2) is 4.98 Å². The van der Waals surface area contributed by atoms with Crippen LogP contribution in [0.2, 0.25) is 0 Å². The number of anilines is 1. The highest BCUT2D eigenvalue weighted by molar-refractivity contribution is 5.93. The molecule has 0 unspecified atom stereocenters. The zero-order chi connectivity index (χ0) is 22.7. The molecule has 0 spiro atoms. The van der Waals surface area contributed by atoms with E-state index >= 15 is 0 Å². The van der Waals surface area contributed by atoms with Crippen molar-refractivity contribution in [3.8, 4) is 11.5 Å². The van der Waals surface area contributed by atoms with E-state index in [2.05, 4.69) is 10.3 Å². The lowest BCUT2D eigenvalue weighted by Crippen LogP contribution is -2.21. The molecule has 4 rings (SSSR count). The number of nitrogens with one attached hydrogen (secondary N) is 1. The highest BCUT2D eigenvalue weighted by Crippen LogP contribution is 2.26. The molecule has 0 fully saturated rings. The molecule has 1 amide bonds. The van der Waals surface area contributed by atoms with Gasteiger partial charge in [0.15, 0.2) is 12.3 Å². The number of fused-ring (bicyclic) bond motifs is 1. The van der Waals surface area contributed by atoms with Gasteiger partial charge in [0, 0.05) is 12.1 Å². The summed E-state index contributed by atoms with van der Waals surface area (Å²) in [5.41, 5.74) is 3.07. The van der Waals surface area contributed by atoms with Crippen LogP contribution in [0.15, 0.2) is 63.9 Å². The minimum atomic E-state index is -0.326. The van der Waals surface area contributed by atoms with Crippen molar-refractivity contribution in [3.05, 3.63) is 87.5 Å². The van der Waals surface area contributed by atoms with Crippen LogP contribution in [0.25, 0.3) is 5.65 Å². The Hall–Kier alpha value is -4.07. The predicted molar refractivity (Wildman–Crippen MR) is 119 cm³/mol. The van der Waals surface area contributed by atoms with Crippen LogP contribution < -0.4 is 20.3 Å². The number of hydrogen-bond acceptors (Lipinski definition) is 6. The summed E-state index contributed by atoms with van der Waals surface area (Å²) in [6.07, 6.45) is 0. The molecule has 2 heterocycles. The van der Waals surface area contributed by atoms with E-state index in [4.69, 9.17) is 14.0 Å². The number of carbonyl (C=O) groups excluding carboxylic acids is 1. The van der Waals surface area contributed by atoms with E-state index < -0.39 is 0 Å². The quantitative estimate of drug-likeness (QED) is 0.476. The molecule has 0 aliphatic carbocycles. The van der Waals surface area contributed by atoms with E-state index in [0.29, 0.717) is 34.3 Å². The van der Waals surface area contributed by atoms with Crippen molar-refractivity contribution in [2.45, 2.75) is 27.4 Å². The smallest absolute Gasteiger partial charge is 0.287 e. The van der Waals surface area contributed by atoms with Crippen molar-refractivity contribution >= 4 is 17.2 Å². The number of nitrogens with zero attached hydrogens (tertiary/aromatic N) is 2. The van der Waals surface area contributed by atoms with Gasteiger partial charge in [0.05, 0.1) is 11.4 Å². The van der Waals surface area contributed by atoms with E-state index in [9.17, 15) is 9.59 Å². The fourth-order valence-corrected chi connectivity index (χ4v) is 3.21. The summed E-state index contributed by atoms with van der Waals surface area (Å²) in [5.74, 6) is 1.37. The van der Waals surface area contributed by atoms with E-state index in [1.165, 1.54) is 6.07 Å². The van der Waals surface area contributed by atoms with Gasteiger partial charge in [-0.1, -0.05) is 18.2 Å². The Morgan fingerprint density at radius 1 is 1.03 bits per heavy atom. The fraction of sp³-hybridized carbons (Fsp3) is 0.208. The average molecular weight is 433 g/mol. The zero-order valence-electron chi connectivity index (χ0n) is 18.0. The number of benzene rings is 2. The second-order valence-corrected chi connectivity index (χ2v) is 7.53. The van der Waals surface area contributed by atoms with Crippen LogP contribution in [0.1, 0.15) is 22.6 Å². The largest absolute Gasteiger partial charge is 0.485 e.